The minimum absolute atomic E-state index is 0.181. The van der Waals surface area contributed by atoms with Gasteiger partial charge in [0.05, 0.1) is 13.5 Å². The molecule has 0 radical (unpaired) electrons. The van der Waals surface area contributed by atoms with E-state index in [1.54, 1.807) is 0 Å². The van der Waals surface area contributed by atoms with Crippen LogP contribution >= 0.6 is 0 Å². The Bertz CT molecular complexity index is 205. The molecule has 0 aliphatic heterocycles. The van der Waals surface area contributed by atoms with E-state index in [0.717, 1.165) is 0 Å². The molecule has 0 heterocycles. The topological polar surface area (TPSA) is 26.3 Å². The highest BCUT2D eigenvalue weighted by Gasteiger charge is 2.07. The number of hydrogen-bond acceptors (Lipinski definition) is 2. The summed E-state index contributed by atoms with van der Waals surface area (Å²) in [7, 11) is 0.144. The van der Waals surface area contributed by atoms with E-state index in [1.807, 2.05) is 0 Å². The van der Waals surface area contributed by atoms with E-state index < -0.39 is 8.07 Å². The third kappa shape index (κ3) is 7.36. The van der Waals surface area contributed by atoms with E-state index >= 15 is 0 Å². The molecule has 12 heavy (non-hydrogen) atoms. The monoisotopic (exact) mass is 184 g/mol. The number of carbonyl (C=O) groups excluding carboxylic acids is 1. The second kappa shape index (κ2) is 4.99. The standard InChI is InChI=1S/C9H16O2Si/c1-11-9(10)7-5-6-8-12(2,3)4/h5,7H2,1-4H3. The molecule has 0 atom stereocenters. The molecule has 0 aromatic rings. The average Bonchev–Trinajstić information content (AvgIpc) is 1.96. The summed E-state index contributed by atoms with van der Waals surface area (Å²) in [5.74, 6) is 2.82. The Morgan fingerprint density at radius 2 is 2.00 bits per heavy atom. The Hall–Kier alpha value is -0.753. The average molecular weight is 184 g/mol. The molecule has 0 rings (SSSR count). The quantitative estimate of drug-likeness (QED) is 0.372. The van der Waals surface area contributed by atoms with E-state index in [0.29, 0.717) is 12.8 Å². The Balaban J connectivity index is 3.67. The SMILES string of the molecule is COC(=O)CCC#C[Si](C)(C)C. The van der Waals surface area contributed by atoms with Gasteiger partial charge in [-0.15, -0.1) is 11.5 Å². The van der Waals surface area contributed by atoms with Crippen molar-refractivity contribution in [3.8, 4) is 11.5 Å². The summed E-state index contributed by atoms with van der Waals surface area (Å²) in [6.45, 7) is 6.54. The highest BCUT2D eigenvalue weighted by molar-refractivity contribution is 6.83. The molecular formula is C9H16O2Si. The maximum atomic E-state index is 10.7. The maximum Gasteiger partial charge on any atom is 0.306 e. The first-order chi connectivity index (χ1) is 5.45. The van der Waals surface area contributed by atoms with Gasteiger partial charge in [0, 0.05) is 6.42 Å². The molecule has 3 heteroatoms. The molecule has 0 saturated heterocycles. The molecule has 68 valence electrons. The van der Waals surface area contributed by atoms with Crippen molar-refractivity contribution < 1.29 is 9.53 Å². The lowest BCUT2D eigenvalue weighted by Crippen LogP contribution is -2.16. The number of rotatable bonds is 2. The lowest BCUT2D eigenvalue weighted by molar-refractivity contribution is -0.140. The lowest BCUT2D eigenvalue weighted by atomic mass is 10.3. The van der Waals surface area contributed by atoms with Crippen LogP contribution in [0.1, 0.15) is 12.8 Å². The summed E-state index contributed by atoms with van der Waals surface area (Å²) in [5, 5.41) is 0. The molecule has 0 aliphatic carbocycles. The minimum atomic E-state index is -1.25. The number of methoxy groups -OCH3 is 1. The normalized spacial score (nSPS) is 10.0. The molecule has 0 unspecified atom stereocenters. The van der Waals surface area contributed by atoms with Crippen LogP contribution in [0.15, 0.2) is 0 Å². The van der Waals surface area contributed by atoms with Crippen molar-refractivity contribution in [1.82, 2.24) is 0 Å². The van der Waals surface area contributed by atoms with Crippen LogP contribution in [-0.4, -0.2) is 21.2 Å². The van der Waals surface area contributed by atoms with Gasteiger partial charge in [-0.3, -0.25) is 4.79 Å². The summed E-state index contributed by atoms with van der Waals surface area (Å²) in [6, 6.07) is 0. The van der Waals surface area contributed by atoms with Crippen LogP contribution in [0.25, 0.3) is 0 Å². The first-order valence-electron chi connectivity index (χ1n) is 4.02. The molecule has 0 N–H and O–H groups in total. The summed E-state index contributed by atoms with van der Waals surface area (Å²) in [4.78, 5) is 10.7. The fourth-order valence-corrected chi connectivity index (χ4v) is 1.25. The highest BCUT2D eigenvalue weighted by Crippen LogP contribution is 1.97. The van der Waals surface area contributed by atoms with Crippen LogP contribution in [0.5, 0.6) is 0 Å². The molecule has 0 aromatic heterocycles. The van der Waals surface area contributed by atoms with E-state index in [9.17, 15) is 4.79 Å². The van der Waals surface area contributed by atoms with Gasteiger partial charge in [0.15, 0.2) is 0 Å². The van der Waals surface area contributed by atoms with Gasteiger partial charge in [-0.25, -0.2) is 0 Å². The predicted molar refractivity (Wildman–Crippen MR) is 52.4 cm³/mol. The van der Waals surface area contributed by atoms with Gasteiger partial charge in [-0.2, -0.15) is 0 Å². The lowest BCUT2D eigenvalue weighted by Gasteiger charge is -2.02. The molecule has 0 aromatic carbocycles. The zero-order valence-electron chi connectivity index (χ0n) is 8.23. The first-order valence-corrected chi connectivity index (χ1v) is 7.52. The first kappa shape index (κ1) is 11.2. The van der Waals surface area contributed by atoms with Gasteiger partial charge < -0.3 is 4.74 Å². The zero-order chi connectivity index (χ0) is 9.61. The molecule has 0 amide bonds. The van der Waals surface area contributed by atoms with Crippen LogP contribution < -0.4 is 0 Å². The van der Waals surface area contributed by atoms with Crippen LogP contribution in [0.3, 0.4) is 0 Å². The number of ether oxygens (including phenoxy) is 1. The predicted octanol–water partition coefficient (Wildman–Crippen LogP) is 1.82. The third-order valence-corrected chi connectivity index (χ3v) is 2.07. The maximum absolute atomic E-state index is 10.7. The van der Waals surface area contributed by atoms with Crippen LogP contribution in [0.2, 0.25) is 19.6 Å². The van der Waals surface area contributed by atoms with Crippen molar-refractivity contribution >= 4 is 14.0 Å². The van der Waals surface area contributed by atoms with Crippen molar-refractivity contribution in [1.29, 1.82) is 0 Å². The Morgan fingerprint density at radius 3 is 2.42 bits per heavy atom. The van der Waals surface area contributed by atoms with Crippen LogP contribution in [0.4, 0.5) is 0 Å². The Labute approximate surface area is 75.3 Å². The molecule has 0 aliphatic rings. The van der Waals surface area contributed by atoms with Crippen molar-refractivity contribution in [2.45, 2.75) is 32.5 Å². The Kier molecular flexibility index (Phi) is 4.68. The van der Waals surface area contributed by atoms with Crippen LogP contribution in [0, 0.1) is 11.5 Å². The molecule has 0 fully saturated rings. The molecule has 0 spiro atoms. The van der Waals surface area contributed by atoms with Gasteiger partial charge in [-0.05, 0) is 0 Å². The second-order valence-corrected chi connectivity index (χ2v) is 8.38. The zero-order valence-corrected chi connectivity index (χ0v) is 9.23. The van der Waals surface area contributed by atoms with E-state index in [4.69, 9.17) is 0 Å². The molecular weight excluding hydrogens is 168 g/mol. The number of carbonyl (C=O) groups is 1. The highest BCUT2D eigenvalue weighted by atomic mass is 28.3. The summed E-state index contributed by atoms with van der Waals surface area (Å²) < 4.78 is 4.49. The second-order valence-electron chi connectivity index (χ2n) is 3.63. The summed E-state index contributed by atoms with van der Waals surface area (Å²) in [5.41, 5.74) is 3.18. The number of hydrogen-bond donors (Lipinski definition) is 0. The summed E-state index contributed by atoms with van der Waals surface area (Å²) in [6.07, 6.45) is 1.03. The number of esters is 1. The van der Waals surface area contributed by atoms with Gasteiger partial charge in [0.1, 0.15) is 8.07 Å². The van der Waals surface area contributed by atoms with Gasteiger partial charge in [-0.1, -0.05) is 19.6 Å². The van der Waals surface area contributed by atoms with Crippen molar-refractivity contribution in [2.24, 2.45) is 0 Å². The minimum Gasteiger partial charge on any atom is -0.469 e. The third-order valence-electron chi connectivity index (χ3n) is 1.15. The van der Waals surface area contributed by atoms with Crippen LogP contribution in [-0.2, 0) is 9.53 Å². The van der Waals surface area contributed by atoms with Crippen molar-refractivity contribution in [3.63, 3.8) is 0 Å². The fraction of sp³-hybridized carbons (Fsp3) is 0.667. The van der Waals surface area contributed by atoms with Crippen molar-refractivity contribution in [3.05, 3.63) is 0 Å². The molecule has 2 nitrogen and oxygen atoms in total. The van der Waals surface area contributed by atoms with Gasteiger partial charge in [0.2, 0.25) is 0 Å². The Morgan fingerprint density at radius 1 is 1.42 bits per heavy atom. The van der Waals surface area contributed by atoms with E-state index in [-0.39, 0.29) is 5.97 Å². The van der Waals surface area contributed by atoms with E-state index in [2.05, 4.69) is 35.8 Å². The smallest absolute Gasteiger partial charge is 0.306 e. The van der Waals surface area contributed by atoms with Crippen molar-refractivity contribution in [2.75, 3.05) is 7.11 Å². The summed E-state index contributed by atoms with van der Waals surface area (Å²) >= 11 is 0. The van der Waals surface area contributed by atoms with Gasteiger partial charge >= 0.3 is 5.97 Å². The largest absolute Gasteiger partial charge is 0.469 e. The van der Waals surface area contributed by atoms with E-state index in [1.165, 1.54) is 7.11 Å². The van der Waals surface area contributed by atoms with Gasteiger partial charge in [0.25, 0.3) is 0 Å². The fourth-order valence-electron chi connectivity index (χ4n) is 0.594. The molecule has 0 saturated carbocycles. The molecule has 0 bridgehead atoms.